The predicted molar refractivity (Wildman–Crippen MR) is 77.4 cm³/mol. The molecule has 4 heteroatoms. The first kappa shape index (κ1) is 15.2. The summed E-state index contributed by atoms with van der Waals surface area (Å²) >= 11 is 1.75. The van der Waals surface area contributed by atoms with Crippen LogP contribution in [0.4, 0.5) is 0 Å². The van der Waals surface area contributed by atoms with E-state index in [1.807, 2.05) is 6.92 Å². The fraction of sp³-hybridized carbons (Fsp3) is 0.643. The maximum absolute atomic E-state index is 8.98. The fourth-order valence-electron chi connectivity index (χ4n) is 2.18. The molecule has 3 nitrogen and oxygen atoms in total. The van der Waals surface area contributed by atoms with Gasteiger partial charge >= 0.3 is 0 Å². The van der Waals surface area contributed by atoms with Crippen LogP contribution in [-0.2, 0) is 0 Å². The van der Waals surface area contributed by atoms with E-state index < -0.39 is 0 Å². The van der Waals surface area contributed by atoms with Crippen LogP contribution in [0, 0.1) is 17.2 Å². The first-order valence-corrected chi connectivity index (χ1v) is 7.44. The summed E-state index contributed by atoms with van der Waals surface area (Å²) < 4.78 is 0. The lowest BCUT2D eigenvalue weighted by Gasteiger charge is -2.34. The lowest BCUT2D eigenvalue weighted by atomic mass is 10.0. The topological polar surface area (TPSA) is 53.0 Å². The third-order valence-corrected chi connectivity index (χ3v) is 4.18. The number of hydrogen-bond donors (Lipinski definition) is 1. The normalized spacial score (nSPS) is 16.2. The van der Waals surface area contributed by atoms with E-state index in [-0.39, 0.29) is 18.0 Å². The van der Waals surface area contributed by atoms with Crippen molar-refractivity contribution in [1.29, 1.82) is 5.26 Å². The average Bonchev–Trinajstić information content (AvgIpc) is 2.90. The van der Waals surface area contributed by atoms with E-state index >= 15 is 0 Å². The van der Waals surface area contributed by atoms with E-state index in [1.165, 1.54) is 4.88 Å². The minimum atomic E-state index is 0.0384. The van der Waals surface area contributed by atoms with Gasteiger partial charge in [0.15, 0.2) is 0 Å². The van der Waals surface area contributed by atoms with Crippen LogP contribution in [0.25, 0.3) is 0 Å². The molecule has 2 N–H and O–H groups in total. The van der Waals surface area contributed by atoms with Gasteiger partial charge < -0.3 is 5.73 Å². The molecule has 0 aliphatic heterocycles. The molecule has 1 rings (SSSR count). The zero-order valence-electron chi connectivity index (χ0n) is 11.5. The van der Waals surface area contributed by atoms with Crippen LogP contribution in [0.15, 0.2) is 17.5 Å². The van der Waals surface area contributed by atoms with Crippen LogP contribution in [0.5, 0.6) is 0 Å². The van der Waals surface area contributed by atoms with Crippen molar-refractivity contribution in [2.75, 3.05) is 13.1 Å². The Balaban J connectivity index is 2.90. The van der Waals surface area contributed by atoms with Gasteiger partial charge in [-0.05, 0) is 31.3 Å². The van der Waals surface area contributed by atoms with Crippen molar-refractivity contribution in [2.24, 2.45) is 11.7 Å². The molecule has 0 saturated carbocycles. The van der Waals surface area contributed by atoms with E-state index in [0.717, 1.165) is 19.5 Å². The molecule has 1 heterocycles. The Hall–Kier alpha value is -0.890. The third-order valence-electron chi connectivity index (χ3n) is 3.24. The van der Waals surface area contributed by atoms with Gasteiger partial charge in [0, 0.05) is 17.5 Å². The van der Waals surface area contributed by atoms with Gasteiger partial charge in [0.2, 0.25) is 0 Å². The molecule has 1 aromatic rings. The van der Waals surface area contributed by atoms with Crippen LogP contribution >= 0.6 is 11.3 Å². The highest BCUT2D eigenvalue weighted by Gasteiger charge is 2.26. The van der Waals surface area contributed by atoms with Crippen LogP contribution in [0.3, 0.4) is 0 Å². The quantitative estimate of drug-likeness (QED) is 0.824. The third kappa shape index (κ3) is 3.81. The molecule has 0 aliphatic rings. The van der Waals surface area contributed by atoms with Crippen LogP contribution in [0.2, 0.25) is 0 Å². The summed E-state index contributed by atoms with van der Waals surface area (Å²) in [6.45, 7) is 7.91. The average molecular weight is 265 g/mol. The Kier molecular flexibility index (Phi) is 6.34. The van der Waals surface area contributed by atoms with Gasteiger partial charge in [0.1, 0.15) is 0 Å². The lowest BCUT2D eigenvalue weighted by Crippen LogP contribution is -2.42. The summed E-state index contributed by atoms with van der Waals surface area (Å²) in [6.07, 6.45) is 0.944. The molecule has 0 bridgehead atoms. The van der Waals surface area contributed by atoms with Crippen molar-refractivity contribution >= 4 is 11.3 Å². The minimum absolute atomic E-state index is 0.0384. The van der Waals surface area contributed by atoms with Crippen LogP contribution in [0.1, 0.15) is 38.1 Å². The Morgan fingerprint density at radius 3 is 2.67 bits per heavy atom. The molecular formula is C14H23N3S. The largest absolute Gasteiger partial charge is 0.326 e. The summed E-state index contributed by atoms with van der Waals surface area (Å²) in [5, 5.41) is 11.1. The molecule has 0 amide bonds. The van der Waals surface area contributed by atoms with Gasteiger partial charge in [0.25, 0.3) is 0 Å². The molecule has 0 radical (unpaired) electrons. The van der Waals surface area contributed by atoms with Crippen LogP contribution in [-0.4, -0.2) is 24.0 Å². The van der Waals surface area contributed by atoms with Crippen molar-refractivity contribution in [3.8, 4) is 6.07 Å². The molecule has 100 valence electrons. The first-order valence-electron chi connectivity index (χ1n) is 6.56. The second-order valence-electron chi connectivity index (χ2n) is 4.65. The molecule has 0 aromatic carbocycles. The standard InChI is InChI=1S/C14H23N3S/c1-4-12(16)14(13-7-6-8-18-13)17(5-2)10-11(3)9-15/h6-8,11-12,14H,4-5,10,16H2,1-3H3. The molecule has 1 aromatic heterocycles. The second-order valence-corrected chi connectivity index (χ2v) is 5.63. The summed E-state index contributed by atoms with van der Waals surface area (Å²) in [4.78, 5) is 3.63. The fourth-order valence-corrected chi connectivity index (χ4v) is 3.11. The highest BCUT2D eigenvalue weighted by atomic mass is 32.1. The maximum atomic E-state index is 8.98. The Bertz CT molecular complexity index is 369. The molecule has 0 aliphatic carbocycles. The van der Waals surface area contributed by atoms with Gasteiger partial charge in [-0.1, -0.05) is 19.9 Å². The highest BCUT2D eigenvalue weighted by Crippen LogP contribution is 2.29. The molecule has 0 spiro atoms. The monoisotopic (exact) mass is 265 g/mol. The SMILES string of the molecule is CCC(N)C(c1cccs1)N(CC)CC(C)C#N. The second kappa shape index (κ2) is 7.52. The summed E-state index contributed by atoms with van der Waals surface area (Å²) in [6, 6.07) is 6.87. The highest BCUT2D eigenvalue weighted by molar-refractivity contribution is 7.10. The van der Waals surface area contributed by atoms with Crippen molar-refractivity contribution in [3.05, 3.63) is 22.4 Å². The number of nitrogens with two attached hydrogens (primary N) is 1. The summed E-state index contributed by atoms with van der Waals surface area (Å²) in [5.41, 5.74) is 6.28. The summed E-state index contributed by atoms with van der Waals surface area (Å²) in [5.74, 6) is 0.0384. The van der Waals surface area contributed by atoms with Gasteiger partial charge in [-0.2, -0.15) is 5.26 Å². The van der Waals surface area contributed by atoms with Crippen molar-refractivity contribution in [1.82, 2.24) is 4.90 Å². The number of rotatable bonds is 7. The van der Waals surface area contributed by atoms with E-state index in [0.29, 0.717) is 0 Å². The maximum Gasteiger partial charge on any atom is 0.0666 e. The number of thiophene rings is 1. The van der Waals surface area contributed by atoms with E-state index in [4.69, 9.17) is 11.0 Å². The number of nitriles is 1. The lowest BCUT2D eigenvalue weighted by molar-refractivity contribution is 0.169. The van der Waals surface area contributed by atoms with E-state index in [1.54, 1.807) is 11.3 Å². The Morgan fingerprint density at radius 1 is 1.50 bits per heavy atom. The number of nitrogens with zero attached hydrogens (tertiary/aromatic N) is 2. The number of hydrogen-bond acceptors (Lipinski definition) is 4. The molecule has 0 saturated heterocycles. The van der Waals surface area contributed by atoms with Gasteiger partial charge in [-0.15, -0.1) is 11.3 Å². The Labute approximate surface area is 114 Å². The zero-order valence-corrected chi connectivity index (χ0v) is 12.3. The predicted octanol–water partition coefficient (Wildman–Crippen LogP) is 3.01. The summed E-state index contributed by atoms with van der Waals surface area (Å²) in [7, 11) is 0. The minimum Gasteiger partial charge on any atom is -0.326 e. The van der Waals surface area contributed by atoms with E-state index in [9.17, 15) is 0 Å². The first-order chi connectivity index (χ1) is 8.63. The molecule has 3 atom stereocenters. The number of likely N-dealkylation sites (N-methyl/N-ethyl adjacent to an activating group) is 1. The molecule has 18 heavy (non-hydrogen) atoms. The Morgan fingerprint density at radius 2 is 2.22 bits per heavy atom. The molecule has 3 unspecified atom stereocenters. The van der Waals surface area contributed by atoms with Gasteiger partial charge in [-0.25, -0.2) is 0 Å². The zero-order chi connectivity index (χ0) is 13.5. The van der Waals surface area contributed by atoms with Crippen molar-refractivity contribution in [3.63, 3.8) is 0 Å². The smallest absolute Gasteiger partial charge is 0.0666 e. The van der Waals surface area contributed by atoms with Crippen molar-refractivity contribution in [2.45, 2.75) is 39.3 Å². The molecule has 0 fully saturated rings. The van der Waals surface area contributed by atoms with Gasteiger partial charge in [-0.3, -0.25) is 4.90 Å². The van der Waals surface area contributed by atoms with Crippen molar-refractivity contribution < 1.29 is 0 Å². The van der Waals surface area contributed by atoms with Crippen LogP contribution < -0.4 is 5.73 Å². The molecular weight excluding hydrogens is 242 g/mol. The van der Waals surface area contributed by atoms with E-state index in [2.05, 4.69) is 42.3 Å². The van der Waals surface area contributed by atoms with Gasteiger partial charge in [0.05, 0.1) is 18.0 Å².